The van der Waals surface area contributed by atoms with Crippen LogP contribution in [-0.4, -0.2) is 50.8 Å². The van der Waals surface area contributed by atoms with Gasteiger partial charge in [-0.3, -0.25) is 9.80 Å². The number of benzene rings is 1. The van der Waals surface area contributed by atoms with Crippen molar-refractivity contribution in [3.63, 3.8) is 0 Å². The van der Waals surface area contributed by atoms with Crippen molar-refractivity contribution in [1.82, 2.24) is 9.80 Å². The Bertz CT molecular complexity index is 425. The summed E-state index contributed by atoms with van der Waals surface area (Å²) < 4.78 is 0. The van der Waals surface area contributed by atoms with Crippen LogP contribution >= 0.6 is 0 Å². The average molecular weight is 305 g/mol. The van der Waals surface area contributed by atoms with Gasteiger partial charge in [0.2, 0.25) is 0 Å². The lowest BCUT2D eigenvalue weighted by Crippen LogP contribution is -2.64. The molecule has 0 radical (unpaired) electrons. The number of hydrogen-bond acceptors (Lipinski definition) is 2. The lowest BCUT2D eigenvalue weighted by atomic mass is 10.2. The zero-order valence-electron chi connectivity index (χ0n) is 14.5. The van der Waals surface area contributed by atoms with Gasteiger partial charge in [0.1, 0.15) is 0 Å². The fourth-order valence-electron chi connectivity index (χ4n) is 3.45. The summed E-state index contributed by atoms with van der Waals surface area (Å²) in [5.41, 5.74) is 1.24. The van der Waals surface area contributed by atoms with E-state index in [4.69, 9.17) is 0 Å². The molecule has 0 unspecified atom stereocenters. The molecule has 0 saturated carbocycles. The Hall–Kier alpha value is -0.903. The molecular formula is C18H32N2Si. The van der Waals surface area contributed by atoms with Crippen molar-refractivity contribution in [1.29, 1.82) is 0 Å². The van der Waals surface area contributed by atoms with Crippen LogP contribution in [0.3, 0.4) is 0 Å². The lowest BCUT2D eigenvalue weighted by Gasteiger charge is -2.48. The molecule has 0 saturated heterocycles. The van der Waals surface area contributed by atoms with E-state index in [9.17, 15) is 0 Å². The second-order valence-corrected chi connectivity index (χ2v) is 8.20. The van der Waals surface area contributed by atoms with Crippen molar-refractivity contribution in [2.24, 2.45) is 0 Å². The predicted molar refractivity (Wildman–Crippen MR) is 99.0 cm³/mol. The molecule has 0 spiro atoms. The largest absolute Gasteiger partial charge is 0.289 e. The smallest absolute Gasteiger partial charge is 0.0959 e. The van der Waals surface area contributed by atoms with E-state index in [0.717, 1.165) is 26.2 Å². The van der Waals surface area contributed by atoms with Gasteiger partial charge in [0, 0.05) is 0 Å². The topological polar surface area (TPSA) is 6.48 Å². The van der Waals surface area contributed by atoms with E-state index in [0.29, 0.717) is 0 Å². The van der Waals surface area contributed by atoms with Crippen LogP contribution in [0, 0.1) is 0 Å². The second kappa shape index (κ2) is 8.52. The van der Waals surface area contributed by atoms with E-state index in [1.807, 2.05) is 6.08 Å². The van der Waals surface area contributed by atoms with Gasteiger partial charge in [0.05, 0.1) is 14.8 Å². The number of hydrogen-bond donors (Lipinski definition) is 0. The molecule has 0 heterocycles. The summed E-state index contributed by atoms with van der Waals surface area (Å²) in [6.45, 7) is 19.9. The molecule has 0 aliphatic carbocycles. The summed E-state index contributed by atoms with van der Waals surface area (Å²) in [5.74, 6) is 0. The van der Waals surface area contributed by atoms with E-state index in [1.165, 1.54) is 10.8 Å². The quantitative estimate of drug-likeness (QED) is 0.511. The Morgan fingerprint density at radius 1 is 1.05 bits per heavy atom. The summed E-state index contributed by atoms with van der Waals surface area (Å²) in [6, 6.07) is 8.93. The Kier molecular flexibility index (Phi) is 7.36. The maximum absolute atomic E-state index is 3.90. The maximum Gasteiger partial charge on any atom is 0.0959 e. The normalized spacial score (nSPS) is 12.7. The van der Waals surface area contributed by atoms with Crippen molar-refractivity contribution in [2.75, 3.05) is 26.2 Å². The van der Waals surface area contributed by atoms with Crippen molar-refractivity contribution in [3.05, 3.63) is 36.4 Å². The first-order chi connectivity index (χ1) is 10.0. The van der Waals surface area contributed by atoms with Gasteiger partial charge in [-0.1, -0.05) is 69.8 Å². The average Bonchev–Trinajstić information content (AvgIpc) is 2.49. The molecule has 0 atom stereocenters. The summed E-state index contributed by atoms with van der Waals surface area (Å²) in [7, 11) is -0.459. The molecule has 0 aromatic heterocycles. The summed E-state index contributed by atoms with van der Waals surface area (Å²) in [4.78, 5) is 5.26. The summed E-state index contributed by atoms with van der Waals surface area (Å²) in [6.07, 6.45) is 1.95. The van der Waals surface area contributed by atoms with E-state index >= 15 is 0 Å². The third kappa shape index (κ3) is 4.28. The van der Waals surface area contributed by atoms with Crippen LogP contribution in [0.5, 0.6) is 0 Å². The molecule has 0 aliphatic rings. The molecule has 118 valence electrons. The fourth-order valence-corrected chi connectivity index (χ4v) is 6.16. The maximum atomic E-state index is 3.90. The molecule has 1 aromatic rings. The van der Waals surface area contributed by atoms with Gasteiger partial charge in [0.15, 0.2) is 0 Å². The highest BCUT2D eigenvalue weighted by Gasteiger charge is 2.35. The highest BCUT2D eigenvalue weighted by atomic mass is 28.2. The standard InChI is InChI=1S/C18H32N2Si/c1-7-16-13-12-14-17(15-16)21-18(6,19(8-2)9-3)20(10-4)11-5/h7,12-15H,1,8-11,21H2,2-6H3. The molecule has 0 amide bonds. The highest BCUT2D eigenvalue weighted by molar-refractivity contribution is 6.56. The van der Waals surface area contributed by atoms with Gasteiger partial charge < -0.3 is 0 Å². The van der Waals surface area contributed by atoms with Crippen LogP contribution < -0.4 is 5.19 Å². The Labute approximate surface area is 133 Å². The zero-order valence-corrected chi connectivity index (χ0v) is 15.9. The molecule has 0 bridgehead atoms. The summed E-state index contributed by atoms with van der Waals surface area (Å²) in [5, 5.41) is 1.72. The molecule has 2 nitrogen and oxygen atoms in total. The number of nitrogens with zero attached hydrogens (tertiary/aromatic N) is 2. The van der Waals surface area contributed by atoms with Crippen molar-refractivity contribution in [3.8, 4) is 0 Å². The SMILES string of the molecule is C=Cc1cccc([SiH2]C(C)(N(CC)CC)N(CC)CC)c1. The molecule has 0 fully saturated rings. The van der Waals surface area contributed by atoms with Gasteiger partial charge in [-0.05, 0) is 38.7 Å². The molecule has 0 N–H and O–H groups in total. The molecule has 0 aliphatic heterocycles. The van der Waals surface area contributed by atoms with Crippen LogP contribution in [0.15, 0.2) is 30.8 Å². The fraction of sp³-hybridized carbons (Fsp3) is 0.556. The third-order valence-electron chi connectivity index (χ3n) is 4.62. The minimum absolute atomic E-state index is 0.201. The molecule has 3 heteroatoms. The Morgan fingerprint density at radius 2 is 1.57 bits per heavy atom. The highest BCUT2D eigenvalue weighted by Crippen LogP contribution is 2.19. The second-order valence-electron chi connectivity index (χ2n) is 5.69. The zero-order chi connectivity index (χ0) is 15.9. The van der Waals surface area contributed by atoms with Crippen LogP contribution in [0.1, 0.15) is 40.2 Å². The van der Waals surface area contributed by atoms with E-state index in [1.54, 1.807) is 0 Å². The first kappa shape index (κ1) is 18.1. The van der Waals surface area contributed by atoms with Crippen molar-refractivity contribution >= 4 is 20.8 Å². The van der Waals surface area contributed by atoms with Gasteiger partial charge in [-0.2, -0.15) is 0 Å². The third-order valence-corrected chi connectivity index (χ3v) is 7.03. The Morgan fingerprint density at radius 3 is 2.00 bits per heavy atom. The molecule has 21 heavy (non-hydrogen) atoms. The monoisotopic (exact) mass is 304 g/mol. The van der Waals surface area contributed by atoms with Gasteiger partial charge >= 0.3 is 0 Å². The summed E-state index contributed by atoms with van der Waals surface area (Å²) >= 11 is 0. The molecule has 1 aromatic carbocycles. The Balaban J connectivity index is 3.14. The van der Waals surface area contributed by atoms with Crippen LogP contribution in [0.4, 0.5) is 0 Å². The van der Waals surface area contributed by atoms with Crippen molar-refractivity contribution in [2.45, 2.75) is 39.9 Å². The lowest BCUT2D eigenvalue weighted by molar-refractivity contribution is 0.0313. The van der Waals surface area contributed by atoms with E-state index in [2.05, 4.69) is 75.3 Å². The molecular weight excluding hydrogens is 272 g/mol. The minimum atomic E-state index is -0.459. The predicted octanol–water partition coefficient (Wildman–Crippen LogP) is 2.48. The van der Waals surface area contributed by atoms with Gasteiger partial charge in [-0.15, -0.1) is 0 Å². The first-order valence-corrected chi connectivity index (χ1v) is 9.68. The van der Waals surface area contributed by atoms with Gasteiger partial charge in [0.25, 0.3) is 0 Å². The van der Waals surface area contributed by atoms with Gasteiger partial charge in [-0.25, -0.2) is 0 Å². The molecule has 1 rings (SSSR count). The van der Waals surface area contributed by atoms with E-state index in [-0.39, 0.29) is 5.29 Å². The van der Waals surface area contributed by atoms with E-state index < -0.39 is 9.52 Å². The van der Waals surface area contributed by atoms with Crippen LogP contribution in [-0.2, 0) is 0 Å². The van der Waals surface area contributed by atoms with Crippen LogP contribution in [0.2, 0.25) is 0 Å². The van der Waals surface area contributed by atoms with Crippen LogP contribution in [0.25, 0.3) is 6.08 Å². The van der Waals surface area contributed by atoms with Crippen molar-refractivity contribution < 1.29 is 0 Å². The minimum Gasteiger partial charge on any atom is -0.289 e. The first-order valence-electron chi connectivity index (χ1n) is 8.27. The number of rotatable bonds is 9.